The molecular weight excluding hydrogens is 267 g/mol. The zero-order valence-corrected chi connectivity index (χ0v) is 12.4. The van der Waals surface area contributed by atoms with Crippen LogP contribution >= 0.6 is 0 Å². The molecule has 1 atom stereocenters. The summed E-state index contributed by atoms with van der Waals surface area (Å²) < 4.78 is 12.9. The molecule has 1 unspecified atom stereocenters. The Morgan fingerprint density at radius 1 is 1.14 bits per heavy atom. The monoisotopic (exact) mass is 286 g/mol. The van der Waals surface area contributed by atoms with Crippen LogP contribution in [-0.2, 0) is 0 Å². The smallest absolute Gasteiger partial charge is 0.251 e. The molecule has 1 amide bonds. The molecule has 0 bridgehead atoms. The van der Waals surface area contributed by atoms with Crippen molar-refractivity contribution >= 4 is 11.6 Å². The van der Waals surface area contributed by atoms with E-state index in [1.807, 2.05) is 44.1 Å². The highest BCUT2D eigenvalue weighted by molar-refractivity contribution is 5.95. The lowest BCUT2D eigenvalue weighted by atomic mass is 10.1. The maximum atomic E-state index is 12.9. The topological polar surface area (TPSA) is 32.3 Å². The second-order valence-corrected chi connectivity index (χ2v) is 5.19. The minimum absolute atomic E-state index is 0.143. The van der Waals surface area contributed by atoms with Gasteiger partial charge in [-0.3, -0.25) is 4.79 Å². The molecule has 0 heterocycles. The number of carbonyl (C=O) groups is 1. The van der Waals surface area contributed by atoms with Crippen LogP contribution in [0.3, 0.4) is 0 Å². The Morgan fingerprint density at radius 2 is 1.81 bits per heavy atom. The summed E-state index contributed by atoms with van der Waals surface area (Å²) in [5.74, 6) is -0.425. The van der Waals surface area contributed by atoms with Crippen LogP contribution in [0.15, 0.2) is 48.5 Å². The zero-order chi connectivity index (χ0) is 15.4. The lowest BCUT2D eigenvalue weighted by Gasteiger charge is -2.16. The van der Waals surface area contributed by atoms with Crippen molar-refractivity contribution in [2.45, 2.75) is 13.0 Å². The van der Waals surface area contributed by atoms with Crippen LogP contribution in [-0.4, -0.2) is 20.0 Å². The minimum Gasteiger partial charge on any atom is -0.378 e. The second kappa shape index (κ2) is 6.39. The summed E-state index contributed by atoms with van der Waals surface area (Å²) in [4.78, 5) is 14.2. The van der Waals surface area contributed by atoms with Crippen LogP contribution < -0.4 is 10.2 Å². The van der Waals surface area contributed by atoms with Crippen LogP contribution in [0, 0.1) is 5.82 Å². The minimum atomic E-state index is -0.282. The van der Waals surface area contributed by atoms with Crippen LogP contribution in [0.1, 0.15) is 28.9 Å². The summed E-state index contributed by atoms with van der Waals surface area (Å²) in [6.45, 7) is 1.88. The number of rotatable bonds is 4. The lowest BCUT2D eigenvalue weighted by Crippen LogP contribution is -2.26. The van der Waals surface area contributed by atoms with Crippen molar-refractivity contribution < 1.29 is 9.18 Å². The van der Waals surface area contributed by atoms with E-state index in [1.54, 1.807) is 18.2 Å². The molecular formula is C17H19FN2O. The van der Waals surface area contributed by atoms with Gasteiger partial charge in [-0.2, -0.15) is 0 Å². The fourth-order valence-corrected chi connectivity index (χ4v) is 2.04. The summed E-state index contributed by atoms with van der Waals surface area (Å²) in [6.07, 6.45) is 0. The normalized spacial score (nSPS) is 11.8. The predicted octanol–water partition coefficient (Wildman–Crippen LogP) is 3.38. The van der Waals surface area contributed by atoms with Gasteiger partial charge in [-0.15, -0.1) is 0 Å². The van der Waals surface area contributed by atoms with Gasteiger partial charge in [0.25, 0.3) is 5.91 Å². The second-order valence-electron chi connectivity index (χ2n) is 5.19. The first-order valence-electron chi connectivity index (χ1n) is 6.81. The van der Waals surface area contributed by atoms with E-state index in [0.29, 0.717) is 5.56 Å². The molecule has 0 saturated carbocycles. The number of nitrogens with zero attached hydrogens (tertiary/aromatic N) is 1. The van der Waals surface area contributed by atoms with Gasteiger partial charge >= 0.3 is 0 Å². The van der Waals surface area contributed by atoms with Crippen LogP contribution in [0.4, 0.5) is 10.1 Å². The molecule has 0 aliphatic carbocycles. The van der Waals surface area contributed by atoms with Gasteiger partial charge in [-0.25, -0.2) is 4.39 Å². The Labute approximate surface area is 124 Å². The largest absolute Gasteiger partial charge is 0.378 e. The number of halogens is 1. The Kier molecular flexibility index (Phi) is 4.58. The van der Waals surface area contributed by atoms with Gasteiger partial charge in [0.05, 0.1) is 6.04 Å². The molecule has 0 aliphatic heterocycles. The van der Waals surface area contributed by atoms with Crippen LogP contribution in [0.5, 0.6) is 0 Å². The Balaban J connectivity index is 2.10. The van der Waals surface area contributed by atoms with Gasteiger partial charge in [-0.1, -0.05) is 18.2 Å². The molecule has 4 heteroatoms. The number of hydrogen-bond donors (Lipinski definition) is 1. The Hall–Kier alpha value is -2.36. The molecule has 0 aliphatic rings. The third kappa shape index (κ3) is 3.81. The summed E-state index contributed by atoms with van der Waals surface area (Å²) >= 11 is 0. The van der Waals surface area contributed by atoms with E-state index < -0.39 is 0 Å². The first kappa shape index (κ1) is 15.0. The molecule has 2 rings (SSSR count). The summed E-state index contributed by atoms with van der Waals surface area (Å²) in [5.41, 5.74) is 2.45. The maximum Gasteiger partial charge on any atom is 0.251 e. The van der Waals surface area contributed by atoms with Gasteiger partial charge in [0.2, 0.25) is 0 Å². The van der Waals surface area contributed by atoms with E-state index in [2.05, 4.69) is 5.32 Å². The predicted molar refractivity (Wildman–Crippen MR) is 83.1 cm³/mol. The number of benzene rings is 2. The average molecular weight is 286 g/mol. The standard InChI is InChI=1S/C17H19FN2O/c1-12(13-7-9-15(18)10-8-13)19-17(21)14-5-4-6-16(11-14)20(2)3/h4-12H,1-3H3,(H,19,21). The highest BCUT2D eigenvalue weighted by Crippen LogP contribution is 2.16. The van der Waals surface area contributed by atoms with Gasteiger partial charge in [0.15, 0.2) is 0 Å². The van der Waals surface area contributed by atoms with E-state index in [1.165, 1.54) is 12.1 Å². The van der Waals surface area contributed by atoms with Crippen molar-refractivity contribution in [3.05, 3.63) is 65.5 Å². The van der Waals surface area contributed by atoms with Gasteiger partial charge in [0.1, 0.15) is 5.82 Å². The van der Waals surface area contributed by atoms with Crippen molar-refractivity contribution in [2.24, 2.45) is 0 Å². The van der Waals surface area contributed by atoms with Gasteiger partial charge < -0.3 is 10.2 Å². The highest BCUT2D eigenvalue weighted by atomic mass is 19.1. The SMILES string of the molecule is CC(NC(=O)c1cccc(N(C)C)c1)c1ccc(F)cc1. The fourth-order valence-electron chi connectivity index (χ4n) is 2.04. The van der Waals surface area contributed by atoms with Crippen LogP contribution in [0.2, 0.25) is 0 Å². The lowest BCUT2D eigenvalue weighted by molar-refractivity contribution is 0.0940. The molecule has 0 radical (unpaired) electrons. The molecule has 3 nitrogen and oxygen atoms in total. The summed E-state index contributed by atoms with van der Waals surface area (Å²) in [6, 6.07) is 13.4. The zero-order valence-electron chi connectivity index (χ0n) is 12.4. The van der Waals surface area contributed by atoms with Gasteiger partial charge in [-0.05, 0) is 42.8 Å². The highest BCUT2D eigenvalue weighted by Gasteiger charge is 2.12. The quantitative estimate of drug-likeness (QED) is 0.934. The summed E-state index contributed by atoms with van der Waals surface area (Å²) in [5, 5.41) is 2.92. The molecule has 110 valence electrons. The number of nitrogens with one attached hydrogen (secondary N) is 1. The van der Waals surface area contributed by atoms with Gasteiger partial charge in [0, 0.05) is 25.3 Å². The third-order valence-corrected chi connectivity index (χ3v) is 3.34. The molecule has 0 saturated heterocycles. The first-order valence-corrected chi connectivity index (χ1v) is 6.81. The maximum absolute atomic E-state index is 12.9. The number of hydrogen-bond acceptors (Lipinski definition) is 2. The number of anilines is 1. The Morgan fingerprint density at radius 3 is 2.43 bits per heavy atom. The summed E-state index contributed by atoms with van der Waals surface area (Å²) in [7, 11) is 3.86. The van der Waals surface area contributed by atoms with Crippen molar-refractivity contribution in [3.8, 4) is 0 Å². The van der Waals surface area contributed by atoms with E-state index in [4.69, 9.17) is 0 Å². The molecule has 2 aromatic rings. The molecule has 0 fully saturated rings. The van der Waals surface area contributed by atoms with Crippen molar-refractivity contribution in [2.75, 3.05) is 19.0 Å². The average Bonchev–Trinajstić information content (AvgIpc) is 2.48. The number of carbonyl (C=O) groups excluding carboxylic acids is 1. The Bertz CT molecular complexity index is 623. The van der Waals surface area contributed by atoms with Crippen molar-refractivity contribution in [3.63, 3.8) is 0 Å². The van der Waals surface area contributed by atoms with Crippen molar-refractivity contribution in [1.82, 2.24) is 5.32 Å². The molecule has 2 aromatic carbocycles. The van der Waals surface area contributed by atoms with E-state index in [9.17, 15) is 9.18 Å². The van der Waals surface area contributed by atoms with E-state index in [0.717, 1.165) is 11.3 Å². The molecule has 21 heavy (non-hydrogen) atoms. The van der Waals surface area contributed by atoms with Crippen LogP contribution in [0.25, 0.3) is 0 Å². The number of amides is 1. The fraction of sp³-hybridized carbons (Fsp3) is 0.235. The third-order valence-electron chi connectivity index (χ3n) is 3.34. The molecule has 0 spiro atoms. The van der Waals surface area contributed by atoms with E-state index in [-0.39, 0.29) is 17.8 Å². The first-order chi connectivity index (χ1) is 9.97. The molecule has 0 aromatic heterocycles. The van der Waals surface area contributed by atoms with E-state index >= 15 is 0 Å². The van der Waals surface area contributed by atoms with Crippen molar-refractivity contribution in [1.29, 1.82) is 0 Å². The molecule has 1 N–H and O–H groups in total.